The molecule has 1 N–H and O–H groups in total. The molecule has 2 nitrogen and oxygen atoms in total. The van der Waals surface area contributed by atoms with Gasteiger partial charge in [-0.2, -0.15) is 0 Å². The highest BCUT2D eigenvalue weighted by Gasteiger charge is 2.36. The van der Waals surface area contributed by atoms with Gasteiger partial charge in [-0.25, -0.2) is 0 Å². The van der Waals surface area contributed by atoms with Crippen LogP contribution in [-0.2, 0) is 0 Å². The summed E-state index contributed by atoms with van der Waals surface area (Å²) in [6.45, 7) is 2.19. The van der Waals surface area contributed by atoms with Gasteiger partial charge in [-0.15, -0.1) is 11.6 Å². The Bertz CT molecular complexity index is 486. The van der Waals surface area contributed by atoms with E-state index in [2.05, 4.69) is 12.2 Å². The summed E-state index contributed by atoms with van der Waals surface area (Å²) in [4.78, 5) is 12.5. The second-order valence-corrected chi connectivity index (χ2v) is 6.75. The van der Waals surface area contributed by atoms with E-state index >= 15 is 0 Å². The molecule has 2 unspecified atom stereocenters. The second kappa shape index (κ2) is 6.55. The van der Waals surface area contributed by atoms with Gasteiger partial charge >= 0.3 is 0 Å². The SMILES string of the molecule is CC1CCCC(CCl)(NC(=O)c2c(Cl)cccc2Cl)C1. The Balaban J connectivity index is 2.21. The van der Waals surface area contributed by atoms with Gasteiger partial charge in [0.15, 0.2) is 0 Å². The minimum absolute atomic E-state index is 0.240. The third kappa shape index (κ3) is 3.41. The van der Waals surface area contributed by atoms with Crippen LogP contribution in [0.4, 0.5) is 0 Å². The number of alkyl halides is 1. The predicted molar refractivity (Wildman–Crippen MR) is 85.0 cm³/mol. The van der Waals surface area contributed by atoms with Crippen molar-refractivity contribution in [2.45, 2.75) is 38.1 Å². The van der Waals surface area contributed by atoms with Gasteiger partial charge < -0.3 is 5.32 Å². The molecule has 5 heteroatoms. The van der Waals surface area contributed by atoms with Crippen LogP contribution in [0.5, 0.6) is 0 Å². The number of hydrogen-bond donors (Lipinski definition) is 1. The highest BCUT2D eigenvalue weighted by Crippen LogP contribution is 2.34. The molecule has 1 amide bonds. The topological polar surface area (TPSA) is 29.1 Å². The van der Waals surface area contributed by atoms with Crippen LogP contribution in [0.3, 0.4) is 0 Å². The van der Waals surface area contributed by atoms with Crippen molar-refractivity contribution in [3.63, 3.8) is 0 Å². The van der Waals surface area contributed by atoms with Gasteiger partial charge in [-0.3, -0.25) is 4.79 Å². The molecule has 1 aromatic rings. The first-order valence-corrected chi connectivity index (χ1v) is 8.09. The lowest BCUT2D eigenvalue weighted by Crippen LogP contribution is -2.52. The highest BCUT2D eigenvalue weighted by atomic mass is 35.5. The summed E-state index contributed by atoms with van der Waals surface area (Å²) >= 11 is 18.3. The summed E-state index contributed by atoms with van der Waals surface area (Å²) in [5, 5.41) is 3.80. The Labute approximate surface area is 134 Å². The van der Waals surface area contributed by atoms with Crippen molar-refractivity contribution >= 4 is 40.7 Å². The van der Waals surface area contributed by atoms with Gasteiger partial charge in [0.1, 0.15) is 0 Å². The van der Waals surface area contributed by atoms with Crippen LogP contribution in [0.25, 0.3) is 0 Å². The van der Waals surface area contributed by atoms with Crippen molar-refractivity contribution in [1.82, 2.24) is 5.32 Å². The minimum Gasteiger partial charge on any atom is -0.345 e. The van der Waals surface area contributed by atoms with Gasteiger partial charge in [0.05, 0.1) is 21.1 Å². The van der Waals surface area contributed by atoms with Gasteiger partial charge in [-0.1, -0.05) is 49.0 Å². The van der Waals surface area contributed by atoms with Crippen LogP contribution in [0.2, 0.25) is 10.0 Å². The van der Waals surface area contributed by atoms with Crippen molar-refractivity contribution in [3.05, 3.63) is 33.8 Å². The largest absolute Gasteiger partial charge is 0.345 e. The maximum absolute atomic E-state index is 12.5. The first-order valence-electron chi connectivity index (χ1n) is 6.80. The molecule has 2 rings (SSSR count). The molecular weight excluding hydrogens is 317 g/mol. The average molecular weight is 335 g/mol. The predicted octanol–water partition coefficient (Wildman–Crippen LogP) is 4.91. The fourth-order valence-corrected chi connectivity index (χ4v) is 3.83. The summed E-state index contributed by atoms with van der Waals surface area (Å²) in [7, 11) is 0. The lowest BCUT2D eigenvalue weighted by Gasteiger charge is -2.39. The van der Waals surface area contributed by atoms with E-state index < -0.39 is 0 Å². The molecule has 0 saturated heterocycles. The molecule has 1 aliphatic rings. The number of rotatable bonds is 3. The lowest BCUT2D eigenvalue weighted by atomic mass is 9.77. The fourth-order valence-electron chi connectivity index (χ4n) is 2.95. The van der Waals surface area contributed by atoms with Crippen LogP contribution >= 0.6 is 34.8 Å². The molecule has 2 atom stereocenters. The van der Waals surface area contributed by atoms with E-state index in [0.29, 0.717) is 27.4 Å². The van der Waals surface area contributed by atoms with E-state index in [1.807, 2.05) is 0 Å². The maximum Gasteiger partial charge on any atom is 0.254 e. The van der Waals surface area contributed by atoms with Crippen LogP contribution in [0.1, 0.15) is 43.0 Å². The lowest BCUT2D eigenvalue weighted by molar-refractivity contribution is 0.0867. The zero-order valence-corrected chi connectivity index (χ0v) is 13.7. The van der Waals surface area contributed by atoms with Gasteiger partial charge in [-0.05, 0) is 30.9 Å². The number of carbonyl (C=O) groups excluding carboxylic acids is 1. The van der Waals surface area contributed by atoms with E-state index in [9.17, 15) is 4.79 Å². The summed E-state index contributed by atoms with van der Waals surface area (Å²) in [6, 6.07) is 5.06. The zero-order valence-electron chi connectivity index (χ0n) is 11.4. The highest BCUT2D eigenvalue weighted by molar-refractivity contribution is 6.39. The molecule has 0 bridgehead atoms. The first-order chi connectivity index (χ1) is 9.47. The molecule has 0 spiro atoms. The Kier molecular flexibility index (Phi) is 5.22. The molecule has 1 aliphatic carbocycles. The van der Waals surface area contributed by atoms with E-state index in [4.69, 9.17) is 34.8 Å². The van der Waals surface area contributed by atoms with Crippen molar-refractivity contribution in [2.24, 2.45) is 5.92 Å². The standard InChI is InChI=1S/C15H18Cl3NO/c1-10-4-3-7-15(8-10,9-16)19-14(20)13-11(17)5-2-6-12(13)18/h2,5-6,10H,3-4,7-9H2,1H3,(H,19,20). The van der Waals surface area contributed by atoms with E-state index in [0.717, 1.165) is 19.3 Å². The molecule has 0 aromatic heterocycles. The molecular formula is C15H18Cl3NO. The number of nitrogens with one attached hydrogen (secondary N) is 1. The Morgan fingerprint density at radius 3 is 2.60 bits per heavy atom. The number of hydrogen-bond acceptors (Lipinski definition) is 1. The summed E-state index contributed by atoms with van der Waals surface area (Å²) < 4.78 is 0. The third-order valence-corrected chi connectivity index (χ3v) is 5.06. The molecule has 1 saturated carbocycles. The molecule has 20 heavy (non-hydrogen) atoms. The van der Waals surface area contributed by atoms with E-state index in [1.54, 1.807) is 18.2 Å². The fraction of sp³-hybridized carbons (Fsp3) is 0.533. The third-order valence-electron chi connectivity index (χ3n) is 3.92. The normalized spacial score (nSPS) is 26.3. The van der Waals surface area contributed by atoms with Crippen LogP contribution < -0.4 is 5.32 Å². The Morgan fingerprint density at radius 1 is 1.40 bits per heavy atom. The molecule has 110 valence electrons. The second-order valence-electron chi connectivity index (χ2n) is 5.67. The van der Waals surface area contributed by atoms with Crippen LogP contribution in [-0.4, -0.2) is 17.3 Å². The monoisotopic (exact) mass is 333 g/mol. The zero-order chi connectivity index (χ0) is 14.8. The maximum atomic E-state index is 12.5. The number of amides is 1. The molecule has 0 radical (unpaired) electrons. The van der Waals surface area contributed by atoms with E-state index in [1.165, 1.54) is 6.42 Å². The van der Waals surface area contributed by atoms with Crippen LogP contribution in [0, 0.1) is 5.92 Å². The summed E-state index contributed by atoms with van der Waals surface area (Å²) in [5.74, 6) is 0.727. The number of benzene rings is 1. The molecule has 0 heterocycles. The molecule has 0 aliphatic heterocycles. The number of halogens is 3. The molecule has 1 aromatic carbocycles. The Hall–Kier alpha value is -0.440. The smallest absolute Gasteiger partial charge is 0.254 e. The van der Waals surface area contributed by atoms with Gasteiger partial charge in [0, 0.05) is 5.88 Å². The molecule has 1 fully saturated rings. The average Bonchev–Trinajstić information content (AvgIpc) is 2.38. The minimum atomic E-state index is -0.348. The number of carbonyl (C=O) groups is 1. The van der Waals surface area contributed by atoms with Crippen molar-refractivity contribution in [3.8, 4) is 0 Å². The van der Waals surface area contributed by atoms with Crippen LogP contribution in [0.15, 0.2) is 18.2 Å². The van der Waals surface area contributed by atoms with Gasteiger partial charge in [0.25, 0.3) is 5.91 Å². The van der Waals surface area contributed by atoms with Crippen molar-refractivity contribution < 1.29 is 4.79 Å². The van der Waals surface area contributed by atoms with Crippen molar-refractivity contribution in [2.75, 3.05) is 5.88 Å². The first kappa shape index (κ1) is 15.9. The Morgan fingerprint density at radius 2 is 2.05 bits per heavy atom. The summed E-state index contributed by atoms with van der Waals surface area (Å²) in [5.41, 5.74) is -0.0164. The quantitative estimate of drug-likeness (QED) is 0.782. The van der Waals surface area contributed by atoms with Crippen molar-refractivity contribution in [1.29, 1.82) is 0 Å². The van der Waals surface area contributed by atoms with E-state index in [-0.39, 0.29) is 11.4 Å². The summed E-state index contributed by atoms with van der Waals surface area (Å²) in [6.07, 6.45) is 4.05. The van der Waals surface area contributed by atoms with Gasteiger partial charge in [0.2, 0.25) is 0 Å².